The summed E-state index contributed by atoms with van der Waals surface area (Å²) < 4.78 is 11.0. The smallest absolute Gasteiger partial charge is 0.333 e. The third-order valence-corrected chi connectivity index (χ3v) is 6.68. The highest BCUT2D eigenvalue weighted by Crippen LogP contribution is 2.25. The van der Waals surface area contributed by atoms with Crippen LogP contribution in [0.15, 0.2) is 77.2 Å². The van der Waals surface area contributed by atoms with Gasteiger partial charge in [0.2, 0.25) is 5.91 Å². The number of hydrogen-bond donors (Lipinski definition) is 1. The molecule has 0 bridgehead atoms. The summed E-state index contributed by atoms with van der Waals surface area (Å²) in [6.07, 6.45) is 4.31. The molecule has 1 amide bonds. The molecular formula is C31H36N2O4S. The molecule has 0 aliphatic carbocycles. The van der Waals surface area contributed by atoms with Crippen LogP contribution in [0.5, 0.6) is 5.75 Å². The number of thiazole rings is 1. The normalized spacial score (nSPS) is 12.8. The van der Waals surface area contributed by atoms with Crippen molar-refractivity contribution >= 4 is 29.3 Å². The van der Waals surface area contributed by atoms with E-state index in [0.29, 0.717) is 25.2 Å². The molecule has 0 aliphatic heterocycles. The number of allylic oxidation sites excluding steroid dienone is 2. The van der Waals surface area contributed by atoms with E-state index in [1.807, 2.05) is 86.8 Å². The molecule has 0 fully saturated rings. The number of benzene rings is 2. The second-order valence-corrected chi connectivity index (χ2v) is 10.3. The molecule has 0 unspecified atom stereocenters. The fraction of sp³-hybridized carbons (Fsp3) is 0.323. The van der Waals surface area contributed by atoms with Crippen LogP contribution in [-0.4, -0.2) is 23.5 Å². The average molecular weight is 533 g/mol. The van der Waals surface area contributed by atoms with Gasteiger partial charge in [-0.1, -0.05) is 56.3 Å². The highest BCUT2D eigenvalue weighted by Gasteiger charge is 2.20. The Morgan fingerprint density at radius 2 is 1.74 bits per heavy atom. The minimum atomic E-state index is -0.327. The highest BCUT2D eigenvalue weighted by molar-refractivity contribution is 7.09. The van der Waals surface area contributed by atoms with Gasteiger partial charge in [0, 0.05) is 16.9 Å². The molecule has 0 aliphatic rings. The van der Waals surface area contributed by atoms with E-state index in [1.54, 1.807) is 19.9 Å². The number of hydrogen-bond acceptors (Lipinski definition) is 6. The molecule has 2 aromatic carbocycles. The van der Waals surface area contributed by atoms with Gasteiger partial charge in [-0.2, -0.15) is 0 Å². The summed E-state index contributed by atoms with van der Waals surface area (Å²) in [6.45, 7) is 10.0. The molecule has 6 nitrogen and oxygen atoms in total. The lowest BCUT2D eigenvalue weighted by Gasteiger charge is -2.18. The van der Waals surface area contributed by atoms with Crippen LogP contribution in [0, 0.1) is 5.92 Å². The summed E-state index contributed by atoms with van der Waals surface area (Å²) in [5.41, 5.74) is 4.39. The first-order chi connectivity index (χ1) is 18.2. The van der Waals surface area contributed by atoms with E-state index in [2.05, 4.69) is 5.32 Å². The molecule has 1 heterocycles. The molecule has 1 aromatic heterocycles. The summed E-state index contributed by atoms with van der Waals surface area (Å²) >= 11 is 1.51. The van der Waals surface area contributed by atoms with Crippen molar-refractivity contribution < 1.29 is 19.1 Å². The third-order valence-electron chi connectivity index (χ3n) is 5.71. The number of rotatable bonds is 12. The number of nitrogens with zero attached hydrogens (tertiary/aromatic N) is 1. The summed E-state index contributed by atoms with van der Waals surface area (Å²) in [6, 6.07) is 17.7. The fourth-order valence-corrected chi connectivity index (χ4v) is 4.51. The van der Waals surface area contributed by atoms with E-state index in [4.69, 9.17) is 14.5 Å². The lowest BCUT2D eigenvalue weighted by atomic mass is 10.0. The zero-order valence-corrected chi connectivity index (χ0v) is 23.5. The van der Waals surface area contributed by atoms with Crippen LogP contribution in [-0.2, 0) is 27.4 Å². The minimum absolute atomic E-state index is 0.0192. The van der Waals surface area contributed by atoms with Crippen molar-refractivity contribution in [1.29, 1.82) is 0 Å². The van der Waals surface area contributed by atoms with Crippen molar-refractivity contribution in [1.82, 2.24) is 10.3 Å². The molecule has 7 heteroatoms. The van der Waals surface area contributed by atoms with E-state index < -0.39 is 0 Å². The Morgan fingerprint density at radius 1 is 1.03 bits per heavy atom. The molecule has 200 valence electrons. The molecule has 0 radical (unpaired) electrons. The fourth-order valence-electron chi connectivity index (χ4n) is 3.68. The number of ether oxygens (including phenoxy) is 2. The van der Waals surface area contributed by atoms with Crippen molar-refractivity contribution in [2.24, 2.45) is 5.92 Å². The van der Waals surface area contributed by atoms with E-state index >= 15 is 0 Å². The number of carbonyl (C=O) groups is 2. The van der Waals surface area contributed by atoms with Gasteiger partial charge in [-0.15, -0.1) is 11.3 Å². The van der Waals surface area contributed by atoms with Gasteiger partial charge < -0.3 is 14.8 Å². The Balaban J connectivity index is 1.72. The third kappa shape index (κ3) is 8.99. The van der Waals surface area contributed by atoms with Crippen molar-refractivity contribution in [2.75, 3.05) is 6.61 Å². The van der Waals surface area contributed by atoms with Gasteiger partial charge in [0.15, 0.2) is 0 Å². The van der Waals surface area contributed by atoms with Crippen molar-refractivity contribution in [3.05, 3.63) is 99.0 Å². The maximum absolute atomic E-state index is 12.6. The second-order valence-electron chi connectivity index (χ2n) is 9.39. The number of carbonyl (C=O) groups excluding carboxylic acids is 2. The zero-order valence-electron chi connectivity index (χ0n) is 22.7. The number of amides is 1. The Morgan fingerprint density at radius 3 is 2.39 bits per heavy atom. The first kappa shape index (κ1) is 28.9. The van der Waals surface area contributed by atoms with Crippen molar-refractivity contribution in [2.45, 2.75) is 53.7 Å². The SMILES string of the molecule is CCOC(=O)/C(C)=C\C(C)=C\c1csc([C@H](Cc2ccc(OCc3ccccc3)cc2)NC(=O)C(C)C)n1. The van der Waals surface area contributed by atoms with E-state index in [0.717, 1.165) is 33.2 Å². The largest absolute Gasteiger partial charge is 0.489 e. The lowest BCUT2D eigenvalue weighted by molar-refractivity contribution is -0.138. The standard InChI is InChI=1S/C31H36N2O4S/c1-6-36-31(35)23(5)16-22(4)17-26-20-38-30(32-26)28(33-29(34)21(2)3)18-24-12-14-27(15-13-24)37-19-25-10-8-7-9-11-25/h7-17,20-21,28H,6,18-19H2,1-5H3,(H,33,34)/b22-17+,23-16-/t28-/m0/s1. The quantitative estimate of drug-likeness (QED) is 0.160. The molecule has 1 N–H and O–H groups in total. The molecular weight excluding hydrogens is 496 g/mol. The first-order valence-electron chi connectivity index (χ1n) is 12.8. The molecule has 0 spiro atoms. The van der Waals surface area contributed by atoms with Crippen LogP contribution in [0.4, 0.5) is 0 Å². The van der Waals surface area contributed by atoms with E-state index in [9.17, 15) is 9.59 Å². The first-order valence-corrected chi connectivity index (χ1v) is 13.7. The Hall–Kier alpha value is -3.71. The summed E-state index contributed by atoms with van der Waals surface area (Å²) in [4.78, 5) is 29.3. The Bertz CT molecular complexity index is 1260. The van der Waals surface area contributed by atoms with Gasteiger partial charge in [0.1, 0.15) is 17.4 Å². The maximum atomic E-state index is 12.6. The topological polar surface area (TPSA) is 77.5 Å². The molecule has 3 aromatic rings. The van der Waals surface area contributed by atoms with Gasteiger partial charge in [0.05, 0.1) is 18.3 Å². The van der Waals surface area contributed by atoms with E-state index in [1.165, 1.54) is 11.3 Å². The Kier molecular flexibility index (Phi) is 10.8. The van der Waals surface area contributed by atoms with Gasteiger partial charge in [-0.25, -0.2) is 9.78 Å². The van der Waals surface area contributed by atoms with Crippen LogP contribution in [0.2, 0.25) is 0 Å². The van der Waals surface area contributed by atoms with Crippen LogP contribution in [0.25, 0.3) is 6.08 Å². The molecule has 0 saturated carbocycles. The van der Waals surface area contributed by atoms with Gasteiger partial charge in [0.25, 0.3) is 0 Å². The highest BCUT2D eigenvalue weighted by atomic mass is 32.1. The van der Waals surface area contributed by atoms with Crippen molar-refractivity contribution in [3.8, 4) is 5.75 Å². The van der Waals surface area contributed by atoms with Gasteiger partial charge in [-0.05, 0) is 68.2 Å². The molecule has 0 saturated heterocycles. The number of esters is 1. The zero-order chi connectivity index (χ0) is 27.5. The molecule has 38 heavy (non-hydrogen) atoms. The van der Waals surface area contributed by atoms with E-state index in [-0.39, 0.29) is 23.8 Å². The monoisotopic (exact) mass is 532 g/mol. The predicted molar refractivity (Wildman–Crippen MR) is 153 cm³/mol. The lowest BCUT2D eigenvalue weighted by Crippen LogP contribution is -2.33. The van der Waals surface area contributed by atoms with Crippen LogP contribution in [0.3, 0.4) is 0 Å². The van der Waals surface area contributed by atoms with Gasteiger partial charge in [-0.3, -0.25) is 4.79 Å². The van der Waals surface area contributed by atoms with Crippen LogP contribution in [0.1, 0.15) is 62.5 Å². The second kappa shape index (κ2) is 14.3. The van der Waals surface area contributed by atoms with Crippen LogP contribution >= 0.6 is 11.3 Å². The number of nitrogens with one attached hydrogen (secondary N) is 1. The maximum Gasteiger partial charge on any atom is 0.333 e. The summed E-state index contributed by atoms with van der Waals surface area (Å²) in [5.74, 6) is 0.314. The van der Waals surface area contributed by atoms with Crippen LogP contribution < -0.4 is 10.1 Å². The Labute approximate surface area is 229 Å². The average Bonchev–Trinajstić information content (AvgIpc) is 3.36. The minimum Gasteiger partial charge on any atom is -0.489 e. The van der Waals surface area contributed by atoms with Crippen molar-refractivity contribution in [3.63, 3.8) is 0 Å². The summed E-state index contributed by atoms with van der Waals surface area (Å²) in [5, 5.41) is 5.94. The molecule has 3 rings (SSSR count). The predicted octanol–water partition coefficient (Wildman–Crippen LogP) is 6.69. The molecule has 1 atom stereocenters. The van der Waals surface area contributed by atoms with Gasteiger partial charge >= 0.3 is 5.97 Å². The number of aromatic nitrogens is 1. The summed E-state index contributed by atoms with van der Waals surface area (Å²) in [7, 11) is 0.